The molecule has 2 amide bonds. The molecule has 0 unspecified atom stereocenters. The number of aryl methyl sites for hydroxylation is 1. The third-order valence-corrected chi connectivity index (χ3v) is 6.11. The van der Waals surface area contributed by atoms with Gasteiger partial charge in [-0.15, -0.1) is 11.3 Å². The van der Waals surface area contributed by atoms with Crippen molar-refractivity contribution < 1.29 is 9.59 Å². The lowest BCUT2D eigenvalue weighted by molar-refractivity contribution is -0.119. The molecule has 5 nitrogen and oxygen atoms in total. The van der Waals surface area contributed by atoms with E-state index in [9.17, 15) is 9.59 Å². The highest BCUT2D eigenvalue weighted by Crippen LogP contribution is 2.22. The van der Waals surface area contributed by atoms with E-state index in [-0.39, 0.29) is 11.8 Å². The van der Waals surface area contributed by atoms with E-state index >= 15 is 0 Å². The van der Waals surface area contributed by atoms with Gasteiger partial charge >= 0.3 is 0 Å². The van der Waals surface area contributed by atoms with Crippen LogP contribution in [0.1, 0.15) is 40.2 Å². The van der Waals surface area contributed by atoms with Gasteiger partial charge in [-0.2, -0.15) is 0 Å². The number of benzene rings is 2. The topological polar surface area (TPSA) is 62.3 Å². The summed E-state index contributed by atoms with van der Waals surface area (Å²) in [5.41, 5.74) is 4.76. The van der Waals surface area contributed by atoms with Crippen LogP contribution in [0.5, 0.6) is 0 Å². The molecule has 3 aromatic rings. The Morgan fingerprint density at radius 2 is 1.87 bits per heavy atom. The number of carbonyl (C=O) groups excluding carboxylic acids is 2. The second kappa shape index (κ2) is 9.22. The summed E-state index contributed by atoms with van der Waals surface area (Å²) in [7, 11) is 0. The van der Waals surface area contributed by atoms with Crippen LogP contribution in [0.25, 0.3) is 11.3 Å². The molecule has 1 N–H and O–H groups in total. The highest BCUT2D eigenvalue weighted by atomic mass is 32.1. The van der Waals surface area contributed by atoms with Gasteiger partial charge in [-0.25, -0.2) is 4.98 Å². The van der Waals surface area contributed by atoms with E-state index in [1.165, 1.54) is 5.56 Å². The molecule has 1 aromatic heterocycles. The summed E-state index contributed by atoms with van der Waals surface area (Å²) in [6.45, 7) is 3.33. The third-order valence-electron chi connectivity index (χ3n) is 5.33. The second-order valence-corrected chi connectivity index (χ2v) is 8.57. The van der Waals surface area contributed by atoms with Gasteiger partial charge in [0, 0.05) is 41.7 Å². The average molecular weight is 420 g/mol. The molecule has 1 fully saturated rings. The summed E-state index contributed by atoms with van der Waals surface area (Å²) < 4.78 is 0. The van der Waals surface area contributed by atoms with Crippen LogP contribution in [0.4, 0.5) is 5.69 Å². The Kier molecular flexibility index (Phi) is 6.23. The number of nitrogens with one attached hydrogen (secondary N) is 1. The number of nitrogens with zero attached hydrogens (tertiary/aromatic N) is 2. The van der Waals surface area contributed by atoms with Crippen LogP contribution in [0.15, 0.2) is 53.9 Å². The summed E-state index contributed by atoms with van der Waals surface area (Å²) in [5, 5.41) is 6.10. The Balaban J connectivity index is 1.29. The van der Waals surface area contributed by atoms with Crippen molar-refractivity contribution in [3.63, 3.8) is 0 Å². The molecule has 0 bridgehead atoms. The Bertz CT molecular complexity index is 1030. The summed E-state index contributed by atoms with van der Waals surface area (Å²) in [4.78, 5) is 30.8. The zero-order valence-electron chi connectivity index (χ0n) is 17.1. The summed E-state index contributed by atoms with van der Waals surface area (Å²) >= 11 is 1.65. The van der Waals surface area contributed by atoms with Crippen molar-refractivity contribution >= 4 is 28.8 Å². The van der Waals surface area contributed by atoms with E-state index < -0.39 is 0 Å². The lowest BCUT2D eigenvalue weighted by Gasteiger charge is -2.26. The smallest absolute Gasteiger partial charge is 0.251 e. The van der Waals surface area contributed by atoms with E-state index in [2.05, 4.69) is 39.9 Å². The van der Waals surface area contributed by atoms with E-state index in [1.807, 2.05) is 24.0 Å². The number of hydrogen-bond donors (Lipinski definition) is 1. The maximum atomic E-state index is 12.4. The van der Waals surface area contributed by atoms with E-state index in [0.717, 1.165) is 47.8 Å². The van der Waals surface area contributed by atoms with Gasteiger partial charge in [0.15, 0.2) is 0 Å². The molecule has 1 aliphatic rings. The van der Waals surface area contributed by atoms with Crippen LogP contribution in [-0.4, -0.2) is 29.9 Å². The fraction of sp³-hybridized carbons (Fsp3) is 0.292. The van der Waals surface area contributed by atoms with Gasteiger partial charge in [0.1, 0.15) is 0 Å². The fourth-order valence-electron chi connectivity index (χ4n) is 3.63. The van der Waals surface area contributed by atoms with Crippen molar-refractivity contribution in [3.05, 3.63) is 70.0 Å². The quantitative estimate of drug-likeness (QED) is 0.635. The molecule has 1 aliphatic heterocycles. The SMILES string of the molecule is Cc1nc(-c2ccc(CCNC(=O)c3ccc(N4CCCCC4=O)cc3)cc2)cs1. The number of anilines is 1. The molecule has 0 atom stereocenters. The van der Waals surface area contributed by atoms with E-state index in [1.54, 1.807) is 23.5 Å². The van der Waals surface area contributed by atoms with Crippen LogP contribution >= 0.6 is 11.3 Å². The predicted octanol–water partition coefficient (Wildman–Crippen LogP) is 4.61. The van der Waals surface area contributed by atoms with E-state index in [4.69, 9.17) is 0 Å². The van der Waals surface area contributed by atoms with Gasteiger partial charge in [-0.1, -0.05) is 24.3 Å². The first kappa shape index (κ1) is 20.3. The number of rotatable bonds is 6. The normalized spacial score (nSPS) is 14.0. The van der Waals surface area contributed by atoms with Crippen LogP contribution in [0.2, 0.25) is 0 Å². The van der Waals surface area contributed by atoms with Crippen LogP contribution in [0, 0.1) is 6.92 Å². The Hall–Kier alpha value is -2.99. The lowest BCUT2D eigenvalue weighted by Crippen LogP contribution is -2.35. The summed E-state index contributed by atoms with van der Waals surface area (Å²) in [6.07, 6.45) is 3.36. The van der Waals surface area contributed by atoms with Crippen LogP contribution in [0.3, 0.4) is 0 Å². The van der Waals surface area contributed by atoms with Crippen molar-refractivity contribution in [1.82, 2.24) is 10.3 Å². The molecule has 4 rings (SSSR count). The zero-order valence-corrected chi connectivity index (χ0v) is 17.9. The van der Waals surface area contributed by atoms with Gasteiger partial charge in [0.25, 0.3) is 5.91 Å². The van der Waals surface area contributed by atoms with Gasteiger partial charge in [0.05, 0.1) is 10.7 Å². The Morgan fingerprint density at radius 1 is 1.10 bits per heavy atom. The molecule has 2 aromatic carbocycles. The van der Waals surface area contributed by atoms with Gasteiger partial charge in [-0.3, -0.25) is 9.59 Å². The van der Waals surface area contributed by atoms with Crippen molar-refractivity contribution in [2.24, 2.45) is 0 Å². The minimum atomic E-state index is -0.0962. The highest BCUT2D eigenvalue weighted by Gasteiger charge is 2.19. The van der Waals surface area contributed by atoms with E-state index in [0.29, 0.717) is 18.5 Å². The molecule has 154 valence electrons. The number of hydrogen-bond acceptors (Lipinski definition) is 4. The van der Waals surface area contributed by atoms with Gasteiger partial charge < -0.3 is 10.2 Å². The molecule has 0 saturated carbocycles. The minimum absolute atomic E-state index is 0.0962. The van der Waals surface area contributed by atoms with Gasteiger partial charge in [0.2, 0.25) is 5.91 Å². The highest BCUT2D eigenvalue weighted by molar-refractivity contribution is 7.09. The first-order valence-corrected chi connectivity index (χ1v) is 11.2. The lowest BCUT2D eigenvalue weighted by atomic mass is 10.1. The van der Waals surface area contributed by atoms with Crippen LogP contribution in [-0.2, 0) is 11.2 Å². The number of piperidine rings is 1. The predicted molar refractivity (Wildman–Crippen MR) is 121 cm³/mol. The van der Waals surface area contributed by atoms with Crippen molar-refractivity contribution in [2.75, 3.05) is 18.0 Å². The molecule has 0 radical (unpaired) electrons. The van der Waals surface area contributed by atoms with Crippen molar-refractivity contribution in [1.29, 1.82) is 0 Å². The first-order chi connectivity index (χ1) is 14.6. The summed E-state index contributed by atoms with van der Waals surface area (Å²) in [6, 6.07) is 15.6. The number of carbonyl (C=O) groups is 2. The zero-order chi connectivity index (χ0) is 20.9. The molecule has 1 saturated heterocycles. The van der Waals surface area contributed by atoms with Crippen molar-refractivity contribution in [2.45, 2.75) is 32.6 Å². The molecule has 2 heterocycles. The number of aromatic nitrogens is 1. The monoisotopic (exact) mass is 419 g/mol. The van der Waals surface area contributed by atoms with Crippen LogP contribution < -0.4 is 10.2 Å². The number of thiazole rings is 1. The number of amides is 2. The second-order valence-electron chi connectivity index (χ2n) is 7.50. The third kappa shape index (κ3) is 4.76. The fourth-order valence-corrected chi connectivity index (χ4v) is 4.25. The van der Waals surface area contributed by atoms with Crippen molar-refractivity contribution in [3.8, 4) is 11.3 Å². The largest absolute Gasteiger partial charge is 0.352 e. The molecule has 6 heteroatoms. The Labute approximate surface area is 180 Å². The maximum Gasteiger partial charge on any atom is 0.251 e. The first-order valence-electron chi connectivity index (χ1n) is 10.3. The standard InChI is InChI=1S/C24H25N3O2S/c1-17-26-22(16-30-17)19-7-5-18(6-8-19)13-14-25-24(29)20-9-11-21(12-10-20)27-15-3-2-4-23(27)28/h5-12,16H,2-4,13-15H2,1H3,(H,25,29). The van der Waals surface area contributed by atoms with Gasteiger partial charge in [-0.05, 0) is 56.0 Å². The molecule has 0 spiro atoms. The molecular weight excluding hydrogens is 394 g/mol. The minimum Gasteiger partial charge on any atom is -0.352 e. The molecule has 30 heavy (non-hydrogen) atoms. The molecule has 0 aliphatic carbocycles. The maximum absolute atomic E-state index is 12.4. The molecular formula is C24H25N3O2S. The Morgan fingerprint density at radius 3 is 2.53 bits per heavy atom. The summed E-state index contributed by atoms with van der Waals surface area (Å²) in [5.74, 6) is 0.0653. The average Bonchev–Trinajstić information content (AvgIpc) is 3.21.